The normalized spacial score (nSPS) is 14.3. The second-order valence-electron chi connectivity index (χ2n) is 5.41. The van der Waals surface area contributed by atoms with Gasteiger partial charge in [-0.3, -0.25) is 0 Å². The van der Waals surface area contributed by atoms with Gasteiger partial charge in [0.15, 0.2) is 0 Å². The number of nitrogens with zero attached hydrogens (tertiary/aromatic N) is 3. The Kier molecular flexibility index (Phi) is 4.14. The zero-order chi connectivity index (χ0) is 15.0. The average molecular weight is 368 g/mol. The first-order valence-corrected chi connectivity index (χ1v) is 8.55. The van der Waals surface area contributed by atoms with Crippen LogP contribution in [0.5, 0.6) is 0 Å². The minimum absolute atomic E-state index is 0.500. The van der Waals surface area contributed by atoms with Gasteiger partial charge in [0, 0.05) is 25.1 Å². The van der Waals surface area contributed by atoms with Crippen molar-refractivity contribution in [2.45, 2.75) is 32.2 Å². The van der Waals surface area contributed by atoms with Gasteiger partial charge in [-0.05, 0) is 52.7 Å². The molecule has 0 bridgehead atoms. The van der Waals surface area contributed by atoms with Crippen molar-refractivity contribution in [1.82, 2.24) is 9.97 Å². The zero-order valence-corrected chi connectivity index (χ0v) is 14.5. The fourth-order valence-corrected chi connectivity index (χ4v) is 3.54. The number of nitrogens with one attached hydrogen (secondary N) is 1. The van der Waals surface area contributed by atoms with Gasteiger partial charge in [0.05, 0.1) is 3.79 Å². The Labute approximate surface area is 136 Å². The molecule has 1 aliphatic rings. The molecule has 0 unspecified atom stereocenters. The number of halogens is 1. The largest absolute Gasteiger partial charge is 0.355 e. The van der Waals surface area contributed by atoms with Crippen LogP contribution in [0.3, 0.4) is 0 Å². The molecule has 1 fully saturated rings. The van der Waals surface area contributed by atoms with E-state index >= 15 is 0 Å². The lowest BCUT2D eigenvalue weighted by Crippen LogP contribution is -2.21. The van der Waals surface area contributed by atoms with E-state index in [-0.39, 0.29) is 0 Å². The highest BCUT2D eigenvalue weighted by Gasteiger charge is 2.28. The predicted octanol–water partition coefficient (Wildman–Crippen LogP) is 3.41. The van der Waals surface area contributed by atoms with Gasteiger partial charge in [-0.1, -0.05) is 0 Å². The molecule has 0 amide bonds. The van der Waals surface area contributed by atoms with Gasteiger partial charge in [0.25, 0.3) is 0 Å². The highest BCUT2D eigenvalue weighted by molar-refractivity contribution is 9.11. The molecule has 3 N–H and O–H groups in total. The molecule has 3 rings (SSSR count). The van der Waals surface area contributed by atoms with Crippen molar-refractivity contribution in [2.24, 2.45) is 5.84 Å². The first-order chi connectivity index (χ1) is 10.1. The number of thiophene rings is 1. The van der Waals surface area contributed by atoms with Crippen molar-refractivity contribution in [2.75, 3.05) is 17.4 Å². The summed E-state index contributed by atoms with van der Waals surface area (Å²) in [6, 6.07) is 2.14. The SMILES string of the molecule is Cc1c(NN)nc(C2CC2)nc1N(C)Cc1csc(Br)c1. The lowest BCUT2D eigenvalue weighted by Gasteiger charge is -2.21. The minimum Gasteiger partial charge on any atom is -0.355 e. The number of anilines is 2. The van der Waals surface area contributed by atoms with E-state index in [1.165, 1.54) is 18.4 Å². The quantitative estimate of drug-likeness (QED) is 0.625. The van der Waals surface area contributed by atoms with E-state index in [4.69, 9.17) is 10.8 Å². The van der Waals surface area contributed by atoms with Gasteiger partial charge in [-0.25, -0.2) is 15.8 Å². The third kappa shape index (κ3) is 3.20. The summed E-state index contributed by atoms with van der Waals surface area (Å²) in [6.45, 7) is 2.81. The molecule has 0 spiro atoms. The van der Waals surface area contributed by atoms with Gasteiger partial charge >= 0.3 is 0 Å². The van der Waals surface area contributed by atoms with Crippen LogP contribution in [0.1, 0.15) is 35.7 Å². The van der Waals surface area contributed by atoms with E-state index in [2.05, 4.69) is 49.7 Å². The summed E-state index contributed by atoms with van der Waals surface area (Å²) in [5, 5.41) is 2.15. The van der Waals surface area contributed by atoms with Crippen molar-refractivity contribution in [3.05, 3.63) is 32.2 Å². The van der Waals surface area contributed by atoms with Gasteiger partial charge in [-0.2, -0.15) is 0 Å². The van der Waals surface area contributed by atoms with Gasteiger partial charge in [0.2, 0.25) is 0 Å². The lowest BCUT2D eigenvalue weighted by atomic mass is 10.2. The minimum atomic E-state index is 0.500. The van der Waals surface area contributed by atoms with Crippen LogP contribution in [-0.4, -0.2) is 17.0 Å². The third-order valence-corrected chi connectivity index (χ3v) is 5.17. The molecular formula is C14H18BrN5S. The second-order valence-corrected chi connectivity index (χ2v) is 7.70. The van der Waals surface area contributed by atoms with Crippen LogP contribution in [0.15, 0.2) is 15.2 Å². The Morgan fingerprint density at radius 2 is 2.24 bits per heavy atom. The Hall–Kier alpha value is -1.18. The molecule has 0 saturated heterocycles. The van der Waals surface area contributed by atoms with Crippen LogP contribution in [0.2, 0.25) is 0 Å². The van der Waals surface area contributed by atoms with E-state index in [9.17, 15) is 0 Å². The third-order valence-electron chi connectivity index (χ3n) is 3.62. The maximum Gasteiger partial charge on any atom is 0.148 e. The standard InChI is InChI=1S/C14H18BrN5S/c1-8-12(19-16)17-13(10-3-4-10)18-14(8)20(2)6-9-5-11(15)21-7-9/h5,7,10H,3-4,6,16H2,1-2H3,(H,17,18,19). The van der Waals surface area contributed by atoms with Crippen LogP contribution in [0.25, 0.3) is 0 Å². The molecule has 2 heterocycles. The smallest absolute Gasteiger partial charge is 0.148 e. The first-order valence-electron chi connectivity index (χ1n) is 6.87. The van der Waals surface area contributed by atoms with Crippen molar-refractivity contribution in [3.8, 4) is 0 Å². The van der Waals surface area contributed by atoms with Crippen molar-refractivity contribution in [3.63, 3.8) is 0 Å². The summed E-state index contributed by atoms with van der Waals surface area (Å²) >= 11 is 5.20. The molecule has 0 radical (unpaired) electrons. The Morgan fingerprint density at radius 3 is 2.81 bits per heavy atom. The number of hydrogen-bond acceptors (Lipinski definition) is 6. The van der Waals surface area contributed by atoms with Crippen LogP contribution < -0.4 is 16.2 Å². The maximum absolute atomic E-state index is 5.60. The van der Waals surface area contributed by atoms with Gasteiger partial charge in [0.1, 0.15) is 17.5 Å². The van der Waals surface area contributed by atoms with Crippen molar-refractivity contribution >= 4 is 38.9 Å². The molecule has 2 aromatic rings. The van der Waals surface area contributed by atoms with Crippen molar-refractivity contribution < 1.29 is 0 Å². The van der Waals surface area contributed by atoms with E-state index < -0.39 is 0 Å². The molecule has 112 valence electrons. The monoisotopic (exact) mass is 367 g/mol. The number of nitrogen functional groups attached to an aromatic ring is 1. The molecule has 2 aromatic heterocycles. The zero-order valence-electron chi connectivity index (χ0n) is 12.1. The molecule has 1 saturated carbocycles. The van der Waals surface area contributed by atoms with Gasteiger partial charge in [-0.15, -0.1) is 11.3 Å². The summed E-state index contributed by atoms with van der Waals surface area (Å²) in [4.78, 5) is 11.4. The number of hydrogen-bond donors (Lipinski definition) is 2. The molecule has 21 heavy (non-hydrogen) atoms. The van der Waals surface area contributed by atoms with Crippen LogP contribution >= 0.6 is 27.3 Å². The van der Waals surface area contributed by atoms with Gasteiger partial charge < -0.3 is 10.3 Å². The van der Waals surface area contributed by atoms with E-state index in [0.717, 1.165) is 33.4 Å². The summed E-state index contributed by atoms with van der Waals surface area (Å²) in [5.41, 5.74) is 4.95. The lowest BCUT2D eigenvalue weighted by molar-refractivity contribution is 0.846. The van der Waals surface area contributed by atoms with Crippen LogP contribution in [0, 0.1) is 6.92 Å². The highest BCUT2D eigenvalue weighted by Crippen LogP contribution is 2.40. The fourth-order valence-electron chi connectivity index (χ4n) is 2.34. The highest BCUT2D eigenvalue weighted by atomic mass is 79.9. The Bertz CT molecular complexity index is 653. The average Bonchev–Trinajstić information content (AvgIpc) is 3.23. The fraction of sp³-hybridized carbons (Fsp3) is 0.429. The molecule has 0 atom stereocenters. The summed E-state index contributed by atoms with van der Waals surface area (Å²) in [6.07, 6.45) is 2.35. The number of rotatable bonds is 5. The van der Waals surface area contributed by atoms with E-state index in [1.807, 2.05) is 6.92 Å². The molecular weight excluding hydrogens is 350 g/mol. The van der Waals surface area contributed by atoms with E-state index in [0.29, 0.717) is 5.92 Å². The molecule has 5 nitrogen and oxygen atoms in total. The summed E-state index contributed by atoms with van der Waals surface area (Å²) in [7, 11) is 2.05. The molecule has 0 aliphatic heterocycles. The van der Waals surface area contributed by atoms with Crippen LogP contribution in [0.4, 0.5) is 11.6 Å². The summed E-state index contributed by atoms with van der Waals surface area (Å²) in [5.74, 6) is 8.68. The Balaban J connectivity index is 1.90. The number of nitrogens with two attached hydrogens (primary N) is 1. The van der Waals surface area contributed by atoms with E-state index in [1.54, 1.807) is 11.3 Å². The topological polar surface area (TPSA) is 67.1 Å². The number of aromatic nitrogens is 2. The predicted molar refractivity (Wildman–Crippen MR) is 90.7 cm³/mol. The molecule has 1 aliphatic carbocycles. The second kappa shape index (κ2) is 5.90. The summed E-state index contributed by atoms with van der Waals surface area (Å²) < 4.78 is 1.15. The maximum atomic E-state index is 5.60. The Morgan fingerprint density at radius 1 is 1.48 bits per heavy atom. The van der Waals surface area contributed by atoms with Crippen LogP contribution in [-0.2, 0) is 6.54 Å². The van der Waals surface area contributed by atoms with Crippen molar-refractivity contribution in [1.29, 1.82) is 0 Å². The number of hydrazine groups is 1. The first kappa shape index (κ1) is 14.7. The molecule has 7 heteroatoms. The molecule has 0 aromatic carbocycles.